The van der Waals surface area contributed by atoms with Crippen molar-refractivity contribution in [3.63, 3.8) is 0 Å². The summed E-state index contributed by atoms with van der Waals surface area (Å²) in [5.41, 5.74) is 3.81. The predicted octanol–water partition coefficient (Wildman–Crippen LogP) is 5.29. The highest BCUT2D eigenvalue weighted by molar-refractivity contribution is 6.31. The Labute approximate surface area is 125 Å². The summed E-state index contributed by atoms with van der Waals surface area (Å²) >= 11 is 12.3. The van der Waals surface area contributed by atoms with Gasteiger partial charge >= 0.3 is 0 Å². The molecule has 0 saturated heterocycles. The number of halogens is 2. The van der Waals surface area contributed by atoms with E-state index in [1.54, 1.807) is 0 Å². The minimum Gasteiger partial charge on any atom is -0.126 e. The maximum absolute atomic E-state index is 6.21. The number of aryl methyl sites for hydroxylation is 1. The van der Waals surface area contributed by atoms with E-state index in [0.717, 1.165) is 17.9 Å². The summed E-state index contributed by atoms with van der Waals surface area (Å²) in [6, 6.07) is 16.7. The first-order chi connectivity index (χ1) is 9.19. The van der Waals surface area contributed by atoms with E-state index in [1.807, 2.05) is 18.2 Å². The van der Waals surface area contributed by atoms with Crippen LogP contribution in [0, 0.1) is 12.8 Å². The summed E-state index contributed by atoms with van der Waals surface area (Å²) in [6.07, 6.45) is 1.92. The zero-order chi connectivity index (χ0) is 13.7. The molecule has 2 rings (SSSR count). The molecule has 2 aromatic carbocycles. The van der Waals surface area contributed by atoms with Crippen LogP contribution in [0.3, 0.4) is 0 Å². The normalized spacial score (nSPS) is 12.4. The van der Waals surface area contributed by atoms with Gasteiger partial charge in [0.2, 0.25) is 0 Å². The number of hydrogen-bond donors (Lipinski definition) is 0. The van der Waals surface area contributed by atoms with Gasteiger partial charge in [-0.2, -0.15) is 0 Å². The highest BCUT2D eigenvalue weighted by Gasteiger charge is 2.11. The Morgan fingerprint density at radius 1 is 0.947 bits per heavy atom. The SMILES string of the molecule is Cc1ccc(CC(CCl)Cc2ccccc2Cl)cc1. The standard InChI is InChI=1S/C17H18Cl2/c1-13-6-8-14(9-7-13)10-15(12-18)11-16-4-2-3-5-17(16)19/h2-9,15H,10-12H2,1H3. The maximum atomic E-state index is 6.21. The molecule has 0 heterocycles. The smallest absolute Gasteiger partial charge is 0.0438 e. The predicted molar refractivity (Wildman–Crippen MR) is 84.2 cm³/mol. The number of benzene rings is 2. The Kier molecular flexibility index (Phi) is 5.30. The van der Waals surface area contributed by atoms with Gasteiger partial charge in [-0.25, -0.2) is 0 Å². The summed E-state index contributed by atoms with van der Waals surface area (Å²) in [7, 11) is 0. The van der Waals surface area contributed by atoms with Crippen LogP contribution in [0.2, 0.25) is 5.02 Å². The van der Waals surface area contributed by atoms with Crippen molar-refractivity contribution in [2.45, 2.75) is 19.8 Å². The van der Waals surface area contributed by atoms with Crippen LogP contribution < -0.4 is 0 Å². The monoisotopic (exact) mass is 292 g/mol. The molecule has 0 aliphatic carbocycles. The van der Waals surface area contributed by atoms with Crippen molar-refractivity contribution in [1.82, 2.24) is 0 Å². The summed E-state index contributed by atoms with van der Waals surface area (Å²) in [5, 5.41) is 0.835. The van der Waals surface area contributed by atoms with E-state index in [4.69, 9.17) is 23.2 Å². The Morgan fingerprint density at radius 3 is 2.26 bits per heavy atom. The third kappa shape index (κ3) is 4.26. The summed E-state index contributed by atoms with van der Waals surface area (Å²) in [4.78, 5) is 0. The van der Waals surface area contributed by atoms with E-state index in [2.05, 4.69) is 37.3 Å². The number of hydrogen-bond acceptors (Lipinski definition) is 0. The largest absolute Gasteiger partial charge is 0.126 e. The van der Waals surface area contributed by atoms with Gasteiger partial charge in [-0.1, -0.05) is 59.6 Å². The van der Waals surface area contributed by atoms with Crippen molar-refractivity contribution in [1.29, 1.82) is 0 Å². The lowest BCUT2D eigenvalue weighted by Crippen LogP contribution is -2.10. The Balaban J connectivity index is 2.05. The fourth-order valence-electron chi connectivity index (χ4n) is 2.21. The zero-order valence-corrected chi connectivity index (χ0v) is 12.6. The van der Waals surface area contributed by atoms with Crippen LogP contribution in [0.15, 0.2) is 48.5 Å². The fourth-order valence-corrected chi connectivity index (χ4v) is 2.64. The fraction of sp³-hybridized carbons (Fsp3) is 0.294. The molecule has 0 fully saturated rings. The second kappa shape index (κ2) is 6.98. The Hall–Kier alpha value is -0.980. The molecule has 2 heteroatoms. The van der Waals surface area contributed by atoms with Crippen LogP contribution in [0.25, 0.3) is 0 Å². The van der Waals surface area contributed by atoms with Crippen molar-refractivity contribution >= 4 is 23.2 Å². The Bertz CT molecular complexity index is 517. The summed E-state index contributed by atoms with van der Waals surface area (Å²) < 4.78 is 0. The molecular formula is C17H18Cl2. The first-order valence-electron chi connectivity index (χ1n) is 6.54. The third-order valence-corrected chi connectivity index (χ3v) is 4.13. The minimum atomic E-state index is 0.421. The van der Waals surface area contributed by atoms with Crippen LogP contribution in [-0.2, 0) is 12.8 Å². The van der Waals surface area contributed by atoms with Gasteiger partial charge in [0.15, 0.2) is 0 Å². The molecule has 2 aromatic rings. The molecule has 0 radical (unpaired) electrons. The molecule has 0 nitrogen and oxygen atoms in total. The van der Waals surface area contributed by atoms with Crippen LogP contribution in [0.4, 0.5) is 0 Å². The molecule has 0 saturated carbocycles. The van der Waals surface area contributed by atoms with Crippen molar-refractivity contribution in [2.24, 2.45) is 5.92 Å². The van der Waals surface area contributed by atoms with Gasteiger partial charge in [-0.15, -0.1) is 11.6 Å². The highest BCUT2D eigenvalue weighted by Crippen LogP contribution is 2.22. The lowest BCUT2D eigenvalue weighted by molar-refractivity contribution is 0.584. The van der Waals surface area contributed by atoms with Crippen LogP contribution >= 0.6 is 23.2 Å². The van der Waals surface area contributed by atoms with Gasteiger partial charge in [0.25, 0.3) is 0 Å². The molecule has 1 atom stereocenters. The van der Waals surface area contributed by atoms with Gasteiger partial charge < -0.3 is 0 Å². The summed E-state index contributed by atoms with van der Waals surface area (Å²) in [5.74, 6) is 1.07. The molecule has 1 unspecified atom stereocenters. The van der Waals surface area contributed by atoms with Crippen LogP contribution in [-0.4, -0.2) is 5.88 Å². The van der Waals surface area contributed by atoms with E-state index in [0.29, 0.717) is 11.8 Å². The quantitative estimate of drug-likeness (QED) is 0.657. The van der Waals surface area contributed by atoms with E-state index >= 15 is 0 Å². The van der Waals surface area contributed by atoms with Crippen LogP contribution in [0.5, 0.6) is 0 Å². The van der Waals surface area contributed by atoms with E-state index in [9.17, 15) is 0 Å². The topological polar surface area (TPSA) is 0 Å². The molecule has 0 aliphatic rings. The van der Waals surface area contributed by atoms with Crippen molar-refractivity contribution in [2.75, 3.05) is 5.88 Å². The molecule has 0 amide bonds. The van der Waals surface area contributed by atoms with Crippen molar-refractivity contribution in [3.05, 3.63) is 70.2 Å². The molecular weight excluding hydrogens is 275 g/mol. The lowest BCUT2D eigenvalue weighted by Gasteiger charge is -2.15. The second-order valence-electron chi connectivity index (χ2n) is 5.01. The molecule has 0 bridgehead atoms. The molecule has 100 valence electrons. The molecule has 0 spiro atoms. The van der Waals surface area contributed by atoms with E-state index < -0.39 is 0 Å². The third-order valence-electron chi connectivity index (χ3n) is 3.33. The first kappa shape index (κ1) is 14.4. The second-order valence-corrected chi connectivity index (χ2v) is 5.72. The summed E-state index contributed by atoms with van der Waals surface area (Å²) in [6.45, 7) is 2.10. The van der Waals surface area contributed by atoms with E-state index in [1.165, 1.54) is 16.7 Å². The van der Waals surface area contributed by atoms with Gasteiger partial charge in [-0.3, -0.25) is 0 Å². The minimum absolute atomic E-state index is 0.421. The number of rotatable bonds is 5. The van der Waals surface area contributed by atoms with Crippen LogP contribution in [0.1, 0.15) is 16.7 Å². The maximum Gasteiger partial charge on any atom is 0.0438 e. The average molecular weight is 293 g/mol. The van der Waals surface area contributed by atoms with Gasteiger partial charge in [-0.05, 0) is 42.9 Å². The van der Waals surface area contributed by atoms with Gasteiger partial charge in [0.1, 0.15) is 0 Å². The average Bonchev–Trinajstić information content (AvgIpc) is 2.43. The number of alkyl halides is 1. The lowest BCUT2D eigenvalue weighted by atomic mass is 9.94. The van der Waals surface area contributed by atoms with Gasteiger partial charge in [0.05, 0.1) is 0 Å². The van der Waals surface area contributed by atoms with Crippen molar-refractivity contribution in [3.8, 4) is 0 Å². The Morgan fingerprint density at radius 2 is 1.63 bits per heavy atom. The zero-order valence-electron chi connectivity index (χ0n) is 11.1. The molecule has 0 aliphatic heterocycles. The molecule has 0 aromatic heterocycles. The molecule has 0 N–H and O–H groups in total. The van der Waals surface area contributed by atoms with Crippen molar-refractivity contribution < 1.29 is 0 Å². The first-order valence-corrected chi connectivity index (χ1v) is 7.45. The van der Waals surface area contributed by atoms with Gasteiger partial charge in [0, 0.05) is 10.9 Å². The highest BCUT2D eigenvalue weighted by atomic mass is 35.5. The van der Waals surface area contributed by atoms with E-state index in [-0.39, 0.29) is 0 Å². The molecule has 19 heavy (non-hydrogen) atoms.